The van der Waals surface area contributed by atoms with Crippen molar-refractivity contribution < 1.29 is 5.11 Å². The largest absolute Gasteiger partial charge is 0.507 e. The summed E-state index contributed by atoms with van der Waals surface area (Å²) in [5, 5.41) is 22.8. The van der Waals surface area contributed by atoms with Crippen LogP contribution in [0.1, 0.15) is 36.8 Å². The van der Waals surface area contributed by atoms with Gasteiger partial charge in [-0.3, -0.25) is 9.80 Å². The summed E-state index contributed by atoms with van der Waals surface area (Å²) in [5.74, 6) is 1.35. The molecule has 0 atom stereocenters. The summed E-state index contributed by atoms with van der Waals surface area (Å²) in [5.41, 5.74) is 4.03. The minimum absolute atomic E-state index is 0. The number of anilines is 2. The van der Waals surface area contributed by atoms with Crippen molar-refractivity contribution in [2.45, 2.75) is 38.8 Å². The molecular formula is C27H33Cl3N4OS. The van der Waals surface area contributed by atoms with Crippen molar-refractivity contribution in [2.75, 3.05) is 31.5 Å². The molecule has 0 saturated carbocycles. The van der Waals surface area contributed by atoms with Gasteiger partial charge in [-0.2, -0.15) is 11.3 Å². The number of phenolic OH excluding ortho intramolecular Hbond substituents is 1. The van der Waals surface area contributed by atoms with Crippen molar-refractivity contribution in [3.05, 3.63) is 58.3 Å². The molecule has 0 bridgehead atoms. The third-order valence-corrected chi connectivity index (χ3v) is 7.80. The number of para-hydroxylation sites is 1. The van der Waals surface area contributed by atoms with Crippen LogP contribution in [-0.4, -0.2) is 46.1 Å². The van der Waals surface area contributed by atoms with Crippen LogP contribution in [0.25, 0.3) is 21.7 Å². The summed E-state index contributed by atoms with van der Waals surface area (Å²) in [6, 6.07) is 12.6. The number of nitrogens with one attached hydrogen (secondary N) is 1. The number of fused-ring (bicyclic) bond motifs is 3. The van der Waals surface area contributed by atoms with Crippen LogP contribution in [0.5, 0.6) is 5.75 Å². The number of thiophene rings is 1. The minimum Gasteiger partial charge on any atom is -0.507 e. The molecule has 36 heavy (non-hydrogen) atoms. The molecule has 5 nitrogen and oxygen atoms in total. The number of halogens is 3. The van der Waals surface area contributed by atoms with E-state index < -0.39 is 0 Å². The summed E-state index contributed by atoms with van der Waals surface area (Å²) in [6.45, 7) is 6.04. The Labute approximate surface area is 235 Å². The van der Waals surface area contributed by atoms with E-state index in [4.69, 9.17) is 4.98 Å². The Morgan fingerprint density at radius 2 is 1.33 bits per heavy atom. The number of likely N-dealkylation sites (tertiary alicyclic amines) is 2. The van der Waals surface area contributed by atoms with E-state index in [1.165, 1.54) is 36.5 Å². The van der Waals surface area contributed by atoms with Gasteiger partial charge in [0.1, 0.15) is 11.6 Å². The number of benzene rings is 2. The van der Waals surface area contributed by atoms with Gasteiger partial charge in [-0.25, -0.2) is 4.98 Å². The summed E-state index contributed by atoms with van der Waals surface area (Å²) in [4.78, 5) is 9.87. The predicted octanol–water partition coefficient (Wildman–Crippen LogP) is 7.36. The molecule has 2 N–H and O–H groups in total. The molecule has 2 fully saturated rings. The van der Waals surface area contributed by atoms with Crippen molar-refractivity contribution in [2.24, 2.45) is 0 Å². The summed E-state index contributed by atoms with van der Waals surface area (Å²) in [6.07, 6.45) is 4.99. The Bertz CT molecular complexity index is 1260. The summed E-state index contributed by atoms with van der Waals surface area (Å²) < 4.78 is 0. The first-order chi connectivity index (χ1) is 16.2. The molecule has 0 aliphatic carbocycles. The van der Waals surface area contributed by atoms with Gasteiger partial charge in [0.15, 0.2) is 0 Å². The molecule has 2 aromatic carbocycles. The Hall–Kier alpha value is -1.80. The van der Waals surface area contributed by atoms with Crippen LogP contribution in [0.2, 0.25) is 0 Å². The van der Waals surface area contributed by atoms with Crippen LogP contribution in [0, 0.1) is 0 Å². The van der Waals surface area contributed by atoms with Crippen molar-refractivity contribution in [3.63, 3.8) is 0 Å². The second-order valence-electron chi connectivity index (χ2n) is 9.41. The number of hydrogen-bond acceptors (Lipinski definition) is 6. The molecule has 2 aliphatic heterocycles. The van der Waals surface area contributed by atoms with Gasteiger partial charge in [0.2, 0.25) is 0 Å². The maximum Gasteiger partial charge on any atom is 0.139 e. The first kappa shape index (κ1) is 28.8. The molecular weight excluding hydrogens is 535 g/mol. The maximum absolute atomic E-state index is 11.2. The fourth-order valence-corrected chi connectivity index (χ4v) is 6.17. The highest BCUT2D eigenvalue weighted by Crippen LogP contribution is 2.36. The lowest BCUT2D eigenvalue weighted by Gasteiger charge is -2.21. The number of pyridine rings is 1. The predicted molar refractivity (Wildman–Crippen MR) is 159 cm³/mol. The van der Waals surface area contributed by atoms with Crippen LogP contribution in [0.4, 0.5) is 11.5 Å². The topological polar surface area (TPSA) is 51.6 Å². The summed E-state index contributed by atoms with van der Waals surface area (Å²) in [7, 11) is 0. The Kier molecular flexibility index (Phi) is 10.1. The molecule has 0 unspecified atom stereocenters. The average Bonchev–Trinajstić information content (AvgIpc) is 3.60. The zero-order valence-electron chi connectivity index (χ0n) is 20.1. The summed E-state index contributed by atoms with van der Waals surface area (Å²) >= 11 is 1.71. The number of hydrogen-bond donors (Lipinski definition) is 2. The van der Waals surface area contributed by atoms with Crippen molar-refractivity contribution in [3.8, 4) is 5.75 Å². The van der Waals surface area contributed by atoms with Crippen LogP contribution in [0.15, 0.2) is 47.2 Å². The number of phenols is 1. The van der Waals surface area contributed by atoms with Crippen molar-refractivity contribution in [1.82, 2.24) is 14.8 Å². The highest BCUT2D eigenvalue weighted by Gasteiger charge is 2.20. The fourth-order valence-electron chi connectivity index (χ4n) is 5.34. The molecule has 4 aromatic rings. The van der Waals surface area contributed by atoms with Crippen LogP contribution >= 0.6 is 48.6 Å². The number of aromatic hydroxyl groups is 1. The molecule has 0 spiro atoms. The van der Waals surface area contributed by atoms with Crippen LogP contribution in [-0.2, 0) is 13.1 Å². The number of nitrogens with zero attached hydrogens (tertiary/aromatic N) is 3. The average molecular weight is 568 g/mol. The molecule has 9 heteroatoms. The monoisotopic (exact) mass is 566 g/mol. The van der Waals surface area contributed by atoms with Crippen LogP contribution < -0.4 is 5.32 Å². The molecule has 0 amide bonds. The van der Waals surface area contributed by atoms with Crippen LogP contribution in [0.3, 0.4) is 0 Å². The maximum atomic E-state index is 11.2. The third kappa shape index (κ3) is 5.85. The lowest BCUT2D eigenvalue weighted by molar-refractivity contribution is 0.312. The molecule has 2 aromatic heterocycles. The first-order valence-corrected chi connectivity index (χ1v) is 13.0. The normalized spacial score (nSPS) is 16.0. The van der Waals surface area contributed by atoms with E-state index >= 15 is 0 Å². The van der Waals surface area contributed by atoms with Crippen molar-refractivity contribution in [1.29, 1.82) is 0 Å². The Morgan fingerprint density at radius 1 is 0.778 bits per heavy atom. The van der Waals surface area contributed by atoms with Gasteiger partial charge in [-0.15, -0.1) is 37.2 Å². The van der Waals surface area contributed by atoms with Gasteiger partial charge in [-0.05, 0) is 75.4 Å². The zero-order valence-corrected chi connectivity index (χ0v) is 23.4. The van der Waals surface area contributed by atoms with Gasteiger partial charge < -0.3 is 10.4 Å². The van der Waals surface area contributed by atoms with Gasteiger partial charge in [0.25, 0.3) is 0 Å². The SMILES string of the molecule is Cl.Cl.Cl.Oc1c(CN2CCCC2)cc(Nc2nc3ccccc3c3cscc23)cc1CN1CCCC1. The quantitative estimate of drug-likeness (QED) is 0.239. The van der Waals surface area contributed by atoms with E-state index in [0.29, 0.717) is 5.75 Å². The standard InChI is InChI=1S/C27H30N4OS.3ClH/c32-26-19(15-30-9-3-4-10-30)13-21(14-20(26)16-31-11-5-6-12-31)28-27-24-18-33-17-23(24)22-7-1-2-8-25(22)29-27;;;/h1-2,7-8,13-14,17-18,32H,3-6,9-12,15-16H2,(H,28,29);3*1H. The van der Waals surface area contributed by atoms with E-state index in [1.54, 1.807) is 11.3 Å². The lowest BCUT2D eigenvalue weighted by atomic mass is 10.1. The smallest absolute Gasteiger partial charge is 0.139 e. The molecule has 4 heterocycles. The Morgan fingerprint density at radius 3 is 1.94 bits per heavy atom. The zero-order chi connectivity index (χ0) is 22.2. The van der Waals surface area contributed by atoms with E-state index in [1.807, 2.05) is 6.07 Å². The first-order valence-electron chi connectivity index (χ1n) is 12.1. The molecule has 2 aliphatic rings. The Balaban J connectivity index is 0.00000120. The van der Waals surface area contributed by atoms with Gasteiger partial charge in [-0.1, -0.05) is 18.2 Å². The van der Waals surface area contributed by atoms with Crippen molar-refractivity contribution >= 4 is 81.7 Å². The van der Waals surface area contributed by atoms with Gasteiger partial charge in [0, 0.05) is 51.4 Å². The van der Waals surface area contributed by atoms with Gasteiger partial charge in [0.05, 0.1) is 5.52 Å². The van der Waals surface area contributed by atoms with E-state index in [0.717, 1.165) is 72.8 Å². The second kappa shape index (κ2) is 12.6. The number of aromatic nitrogens is 1. The fraction of sp³-hybridized carbons (Fsp3) is 0.370. The minimum atomic E-state index is 0. The van der Waals surface area contributed by atoms with E-state index in [-0.39, 0.29) is 37.2 Å². The van der Waals surface area contributed by atoms with Gasteiger partial charge >= 0.3 is 0 Å². The van der Waals surface area contributed by atoms with E-state index in [9.17, 15) is 5.11 Å². The number of rotatable bonds is 6. The lowest BCUT2D eigenvalue weighted by Crippen LogP contribution is -2.20. The molecule has 194 valence electrons. The second-order valence-corrected chi connectivity index (χ2v) is 10.2. The highest BCUT2D eigenvalue weighted by molar-refractivity contribution is 7.09. The van der Waals surface area contributed by atoms with E-state index in [2.05, 4.69) is 56.2 Å². The molecule has 2 saturated heterocycles. The third-order valence-electron chi connectivity index (χ3n) is 7.06. The molecule has 6 rings (SSSR count). The molecule has 0 radical (unpaired) electrons. The highest BCUT2D eigenvalue weighted by atomic mass is 35.5.